The summed E-state index contributed by atoms with van der Waals surface area (Å²) in [6, 6.07) is 9.27. The molecule has 0 spiro atoms. The number of nitrogens with two attached hydrogens (primary N) is 2. The lowest BCUT2D eigenvalue weighted by atomic mass is 10.3. The molecule has 5 aromatic rings. The first-order valence-electron chi connectivity index (χ1n) is 13.5. The second-order valence-corrected chi connectivity index (χ2v) is 13.7. The van der Waals surface area contributed by atoms with E-state index in [0.717, 1.165) is 13.1 Å². The molecular formula is C26H25Br3Cl5N13O4. The number of H-pyrrole nitrogens is 1. The normalized spacial score (nSPS) is 11.7. The number of nitrogens with one attached hydrogen (secondary N) is 1. The number of halogens is 8. The zero-order chi connectivity index (χ0) is 38.2. The molecular weight excluding hydrogens is 975 g/mol. The second kappa shape index (κ2) is 22.2. The predicted octanol–water partition coefficient (Wildman–Crippen LogP) is 4.84. The maximum absolute atomic E-state index is 11.8. The van der Waals surface area contributed by atoms with E-state index in [2.05, 4.69) is 88.6 Å². The van der Waals surface area contributed by atoms with Crippen LogP contribution in [-0.2, 0) is 18.8 Å². The molecule has 25 heteroatoms. The average Bonchev–Trinajstić information content (AvgIpc) is 3.08. The van der Waals surface area contributed by atoms with Gasteiger partial charge in [-0.2, -0.15) is 15.3 Å². The molecule has 5 aromatic heterocycles. The fourth-order valence-electron chi connectivity index (χ4n) is 3.17. The van der Waals surface area contributed by atoms with Crippen LogP contribution in [0.15, 0.2) is 64.2 Å². The molecule has 0 amide bonds. The summed E-state index contributed by atoms with van der Waals surface area (Å²) in [5.74, 6) is 0.730. The molecule has 0 aromatic carbocycles. The largest absolute Gasteiger partial charge is 0.382 e. The van der Waals surface area contributed by atoms with Gasteiger partial charge in [0.1, 0.15) is 11.5 Å². The van der Waals surface area contributed by atoms with E-state index in [-0.39, 0.29) is 21.8 Å². The van der Waals surface area contributed by atoms with E-state index in [4.69, 9.17) is 74.2 Å². The summed E-state index contributed by atoms with van der Waals surface area (Å²) < 4.78 is 9.14. The SMILES string of the molecule is Cn1nc(Cl)cc(Br)c1=O.Cn1nc(Cl)cc(N2CCOCC2)c1=O.Nc1ccc(Cl)nn1.Nc1nnc(Cl)cc1Br.O=c1[nH]nc(Cl)cc1Br. The highest BCUT2D eigenvalue weighted by molar-refractivity contribution is 9.11. The van der Waals surface area contributed by atoms with Gasteiger partial charge in [-0.3, -0.25) is 14.4 Å². The molecule has 1 aliphatic rings. The minimum atomic E-state index is -0.278. The van der Waals surface area contributed by atoms with Gasteiger partial charge >= 0.3 is 0 Å². The Balaban J connectivity index is 0.000000226. The number of ether oxygens (including phenoxy) is 1. The van der Waals surface area contributed by atoms with Crippen molar-refractivity contribution < 1.29 is 4.74 Å². The van der Waals surface area contributed by atoms with Crippen LogP contribution in [0.5, 0.6) is 0 Å². The fourth-order valence-corrected chi connectivity index (χ4v) is 5.48. The van der Waals surface area contributed by atoms with Gasteiger partial charge in [-0.05, 0) is 78.1 Å². The second-order valence-electron chi connectivity index (χ2n) is 9.17. The number of rotatable bonds is 1. The highest BCUT2D eigenvalue weighted by atomic mass is 79.9. The lowest BCUT2D eigenvalue weighted by Crippen LogP contribution is -2.40. The lowest BCUT2D eigenvalue weighted by Gasteiger charge is -2.28. The Morgan fingerprint density at radius 1 is 0.686 bits per heavy atom. The van der Waals surface area contributed by atoms with Crippen molar-refractivity contribution in [1.29, 1.82) is 0 Å². The first-order chi connectivity index (χ1) is 24.0. The Bertz CT molecular complexity index is 2020. The fraction of sp³-hybridized carbons (Fsp3) is 0.231. The van der Waals surface area contributed by atoms with Crippen molar-refractivity contribution in [3.63, 3.8) is 0 Å². The van der Waals surface area contributed by atoms with Gasteiger partial charge in [0.15, 0.2) is 31.6 Å². The van der Waals surface area contributed by atoms with Crippen LogP contribution >= 0.6 is 106 Å². The third-order valence-corrected chi connectivity index (χ3v) is 8.22. The van der Waals surface area contributed by atoms with Crippen LogP contribution < -0.4 is 33.0 Å². The molecule has 1 fully saturated rings. The highest BCUT2D eigenvalue weighted by Gasteiger charge is 2.16. The van der Waals surface area contributed by atoms with Gasteiger partial charge in [-0.25, -0.2) is 14.5 Å². The van der Waals surface area contributed by atoms with Crippen molar-refractivity contribution in [1.82, 2.24) is 50.2 Å². The molecule has 6 rings (SSSR count). The number of nitrogen functional groups attached to an aromatic ring is 2. The van der Waals surface area contributed by atoms with Crippen molar-refractivity contribution in [2.45, 2.75) is 0 Å². The summed E-state index contributed by atoms with van der Waals surface area (Å²) in [6.07, 6.45) is 0. The maximum Gasteiger partial charge on any atom is 0.290 e. The van der Waals surface area contributed by atoms with Gasteiger partial charge in [-0.1, -0.05) is 58.0 Å². The lowest BCUT2D eigenvalue weighted by molar-refractivity contribution is 0.122. The standard InChI is InChI=1S/C9H12ClN3O2.C5H4BrClN2O.C4H3BrClN3.C4H2BrClN2O.C4H4ClN3/c1-12-9(14)7(6-8(10)11-12)13-2-4-15-5-3-13;1-9-5(10)3(6)2-4(7)8-9;5-2-1-3(6)8-9-4(2)7;5-2-1-3(6)7-8-4(2)9;5-3-1-2-4(6)8-7-3/h6H,2-5H2,1H3;2H,1H3;1H,(H2,7,9);1H,(H,8,9);1-2H,(H2,6,8). The monoisotopic (exact) mass is 995 g/mol. The number of nitrogens with zero attached hydrogens (tertiary/aromatic N) is 10. The van der Waals surface area contributed by atoms with Gasteiger partial charge in [0.05, 0.1) is 26.6 Å². The summed E-state index contributed by atoms with van der Waals surface area (Å²) in [5, 5.41) is 28.7. The third kappa shape index (κ3) is 16.1. The van der Waals surface area contributed by atoms with Crippen molar-refractivity contribution in [3.05, 3.63) is 107 Å². The summed E-state index contributed by atoms with van der Waals surface area (Å²) in [4.78, 5) is 35.2. The minimum Gasteiger partial charge on any atom is -0.382 e. The Morgan fingerprint density at radius 3 is 1.73 bits per heavy atom. The van der Waals surface area contributed by atoms with Crippen molar-refractivity contribution >= 4 is 123 Å². The Kier molecular flexibility index (Phi) is 19.2. The van der Waals surface area contributed by atoms with Crippen molar-refractivity contribution in [2.24, 2.45) is 14.1 Å². The number of aromatic nitrogens is 10. The molecule has 274 valence electrons. The maximum atomic E-state index is 11.8. The molecule has 0 radical (unpaired) electrons. The zero-order valence-electron chi connectivity index (χ0n) is 26.1. The molecule has 0 saturated carbocycles. The van der Waals surface area contributed by atoms with Crippen LogP contribution in [-0.4, -0.2) is 76.5 Å². The number of hydrogen-bond acceptors (Lipinski definition) is 14. The van der Waals surface area contributed by atoms with Crippen molar-refractivity contribution in [3.8, 4) is 0 Å². The Labute approximate surface area is 338 Å². The Hall–Kier alpha value is -2.95. The first kappa shape index (κ1) is 44.2. The summed E-state index contributed by atoms with van der Waals surface area (Å²) >= 11 is 36.7. The van der Waals surface area contributed by atoms with Gasteiger partial charge in [0.25, 0.3) is 16.7 Å². The summed E-state index contributed by atoms with van der Waals surface area (Å²) in [5.41, 5.74) is 10.5. The van der Waals surface area contributed by atoms with Crippen LogP contribution in [0.2, 0.25) is 25.8 Å². The molecule has 0 aliphatic carbocycles. The topological polar surface area (TPSA) is 232 Å². The van der Waals surface area contributed by atoms with E-state index in [1.54, 1.807) is 38.4 Å². The zero-order valence-corrected chi connectivity index (χ0v) is 34.6. The van der Waals surface area contributed by atoms with E-state index in [9.17, 15) is 14.4 Å². The van der Waals surface area contributed by atoms with Crippen molar-refractivity contribution in [2.75, 3.05) is 42.7 Å². The molecule has 1 saturated heterocycles. The quantitative estimate of drug-likeness (QED) is 0.204. The summed E-state index contributed by atoms with van der Waals surface area (Å²) in [6.45, 7) is 2.72. The van der Waals surface area contributed by atoms with Gasteiger partial charge in [0.2, 0.25) is 0 Å². The van der Waals surface area contributed by atoms with Crippen LogP contribution in [0.1, 0.15) is 0 Å². The van der Waals surface area contributed by atoms with Crippen LogP contribution in [0.3, 0.4) is 0 Å². The number of aromatic amines is 1. The Morgan fingerprint density at radius 2 is 1.24 bits per heavy atom. The molecule has 0 atom stereocenters. The molecule has 17 nitrogen and oxygen atoms in total. The highest BCUT2D eigenvalue weighted by Crippen LogP contribution is 2.18. The van der Waals surface area contributed by atoms with Gasteiger partial charge in [0, 0.05) is 33.3 Å². The smallest absolute Gasteiger partial charge is 0.290 e. The van der Waals surface area contributed by atoms with Crippen LogP contribution in [0.25, 0.3) is 0 Å². The van der Waals surface area contributed by atoms with E-state index in [1.165, 1.54) is 21.5 Å². The molecule has 5 N–H and O–H groups in total. The van der Waals surface area contributed by atoms with Crippen LogP contribution in [0, 0.1) is 0 Å². The van der Waals surface area contributed by atoms with Gasteiger partial charge < -0.3 is 21.1 Å². The van der Waals surface area contributed by atoms with Gasteiger partial charge in [-0.15, -0.1) is 20.4 Å². The third-order valence-electron chi connectivity index (χ3n) is 5.48. The van der Waals surface area contributed by atoms with E-state index in [0.29, 0.717) is 64.6 Å². The molecule has 0 bridgehead atoms. The average molecular weight is 1000 g/mol. The molecule has 0 unspecified atom stereocenters. The number of anilines is 3. The number of morpholine rings is 1. The molecule has 6 heterocycles. The molecule has 1 aliphatic heterocycles. The van der Waals surface area contributed by atoms with E-state index < -0.39 is 0 Å². The van der Waals surface area contributed by atoms with E-state index >= 15 is 0 Å². The van der Waals surface area contributed by atoms with E-state index in [1.807, 2.05) is 4.90 Å². The minimum absolute atomic E-state index is 0.124. The number of hydrogen-bond donors (Lipinski definition) is 3. The molecule has 51 heavy (non-hydrogen) atoms. The predicted molar refractivity (Wildman–Crippen MR) is 208 cm³/mol. The summed E-state index contributed by atoms with van der Waals surface area (Å²) in [7, 11) is 3.14. The number of aryl methyl sites for hydroxylation is 2. The van der Waals surface area contributed by atoms with Crippen LogP contribution in [0.4, 0.5) is 17.3 Å². The first-order valence-corrected chi connectivity index (χ1v) is 17.8.